The van der Waals surface area contributed by atoms with Gasteiger partial charge in [-0.3, -0.25) is 9.59 Å². The molecule has 0 saturated carbocycles. The monoisotopic (exact) mass is 975 g/mol. The quantitative estimate of drug-likeness (QED) is 0.0373. The van der Waals surface area contributed by atoms with Crippen molar-refractivity contribution in [1.82, 2.24) is 0 Å². The Hall–Kier alpha value is -2.92. The van der Waals surface area contributed by atoms with E-state index in [1.165, 1.54) is 193 Å². The molecule has 70 heavy (non-hydrogen) atoms. The Morgan fingerprint density at radius 1 is 0.343 bits per heavy atom. The first-order valence-corrected chi connectivity index (χ1v) is 30.1. The van der Waals surface area contributed by atoms with Crippen LogP contribution < -0.4 is 0 Å². The zero-order valence-corrected chi connectivity index (χ0v) is 46.3. The molecule has 404 valence electrons. The molecule has 0 bridgehead atoms. The maximum absolute atomic E-state index is 12.3. The van der Waals surface area contributed by atoms with Gasteiger partial charge in [-0.2, -0.15) is 0 Å². The summed E-state index contributed by atoms with van der Waals surface area (Å²) in [5.74, 6) is -0.585. The van der Waals surface area contributed by atoms with Crippen molar-refractivity contribution in [2.45, 2.75) is 302 Å². The number of allylic oxidation sites excluding steroid dienone is 14. The Balaban J connectivity index is 3.44. The number of aliphatic hydroxyl groups excluding tert-OH is 1. The summed E-state index contributed by atoms with van der Waals surface area (Å²) in [6.45, 7) is 4.04. The van der Waals surface area contributed by atoms with Crippen LogP contribution in [0.5, 0.6) is 0 Å². The van der Waals surface area contributed by atoms with Crippen LogP contribution in [0.2, 0.25) is 0 Å². The van der Waals surface area contributed by atoms with Crippen LogP contribution in [0.15, 0.2) is 85.1 Å². The summed E-state index contributed by atoms with van der Waals surface area (Å²) in [6.07, 6.45) is 84.3. The molecule has 1 N–H and O–H groups in total. The van der Waals surface area contributed by atoms with E-state index in [0.29, 0.717) is 12.8 Å². The molecule has 0 radical (unpaired) electrons. The molecule has 5 heteroatoms. The number of esters is 2. The van der Waals surface area contributed by atoms with E-state index in [0.717, 1.165) is 77.0 Å². The molecule has 0 aromatic heterocycles. The number of unbranched alkanes of at least 4 members (excludes halogenated alkanes) is 33. The molecule has 0 saturated heterocycles. The van der Waals surface area contributed by atoms with E-state index in [2.05, 4.69) is 98.9 Å². The van der Waals surface area contributed by atoms with E-state index < -0.39 is 6.10 Å². The van der Waals surface area contributed by atoms with E-state index in [1.807, 2.05) is 0 Å². The van der Waals surface area contributed by atoms with E-state index in [-0.39, 0.29) is 25.2 Å². The molecule has 0 aliphatic heterocycles. The van der Waals surface area contributed by atoms with Crippen LogP contribution in [0.25, 0.3) is 0 Å². The number of carbonyl (C=O) groups is 2. The first-order valence-electron chi connectivity index (χ1n) is 30.1. The van der Waals surface area contributed by atoms with Gasteiger partial charge in [-0.15, -0.1) is 0 Å². The van der Waals surface area contributed by atoms with Crippen LogP contribution in [-0.2, 0) is 19.1 Å². The third-order valence-corrected chi connectivity index (χ3v) is 13.2. The Bertz CT molecular complexity index is 1290. The number of rotatable bonds is 55. The molecule has 5 nitrogen and oxygen atoms in total. The number of hydrogen-bond donors (Lipinski definition) is 1. The maximum Gasteiger partial charge on any atom is 0.306 e. The summed E-state index contributed by atoms with van der Waals surface area (Å²) in [5.41, 5.74) is 0. The molecular formula is C65H114O5. The number of aliphatic hydroxyl groups is 1. The maximum atomic E-state index is 12.3. The van der Waals surface area contributed by atoms with Crippen LogP contribution in [0, 0.1) is 0 Å². The molecule has 0 heterocycles. The molecule has 1 atom stereocenters. The fourth-order valence-corrected chi connectivity index (χ4v) is 8.67. The minimum atomic E-state index is -0.775. The van der Waals surface area contributed by atoms with Crippen molar-refractivity contribution in [1.29, 1.82) is 0 Å². The first kappa shape index (κ1) is 67.1. The minimum Gasteiger partial charge on any atom is -0.462 e. The van der Waals surface area contributed by atoms with Crippen LogP contribution in [-0.4, -0.2) is 36.4 Å². The topological polar surface area (TPSA) is 72.8 Å². The van der Waals surface area contributed by atoms with Crippen molar-refractivity contribution in [3.8, 4) is 0 Å². The lowest BCUT2D eigenvalue weighted by atomic mass is 10.0. The van der Waals surface area contributed by atoms with Crippen molar-refractivity contribution < 1.29 is 24.2 Å². The summed E-state index contributed by atoms with van der Waals surface area (Å²) in [4.78, 5) is 24.5. The fourth-order valence-electron chi connectivity index (χ4n) is 8.67. The van der Waals surface area contributed by atoms with E-state index >= 15 is 0 Å². The summed E-state index contributed by atoms with van der Waals surface area (Å²) in [7, 11) is 0. The first-order chi connectivity index (χ1) is 34.6. The van der Waals surface area contributed by atoms with Crippen LogP contribution in [0.4, 0.5) is 0 Å². The number of hydrogen-bond acceptors (Lipinski definition) is 5. The van der Waals surface area contributed by atoms with Crippen LogP contribution in [0.1, 0.15) is 296 Å². The molecule has 0 amide bonds. The van der Waals surface area contributed by atoms with Crippen LogP contribution in [0.3, 0.4) is 0 Å². The molecule has 0 aliphatic carbocycles. The van der Waals surface area contributed by atoms with Gasteiger partial charge in [0.2, 0.25) is 0 Å². The van der Waals surface area contributed by atoms with Crippen molar-refractivity contribution in [3.05, 3.63) is 85.1 Å². The Morgan fingerprint density at radius 2 is 0.614 bits per heavy atom. The molecule has 0 aromatic rings. The Morgan fingerprint density at radius 3 is 0.943 bits per heavy atom. The fraction of sp³-hybridized carbons (Fsp3) is 0.754. The molecular weight excluding hydrogens is 861 g/mol. The third kappa shape index (κ3) is 57.7. The lowest BCUT2D eigenvalue weighted by molar-refractivity contribution is -0.161. The standard InChI is InChI=1S/C65H114O5/c1-3-5-7-9-11-13-15-17-19-21-22-23-24-25-26-27-28-29-30-31-32-33-34-35-36-37-38-39-40-41-42-44-46-48-50-52-54-56-58-60-65(68)70-63(61-66)62-69-64(67)59-57-55-53-51-49-47-45-43-20-18-16-14-12-10-8-6-4-2/h5,7,11,13,17-20,22-23,25-26,28-29,63,66H,3-4,6,8-10,12,14-16,21,24,27,30-62H2,1-2H3/b7-5-,13-11-,19-17-,20-18-,23-22-,26-25-,29-28-. The van der Waals surface area contributed by atoms with Gasteiger partial charge in [-0.1, -0.05) is 279 Å². The van der Waals surface area contributed by atoms with Gasteiger partial charge in [0, 0.05) is 12.8 Å². The molecule has 0 spiro atoms. The lowest BCUT2D eigenvalue weighted by Crippen LogP contribution is -2.28. The molecule has 0 aliphatic rings. The average Bonchev–Trinajstić information content (AvgIpc) is 3.36. The van der Waals surface area contributed by atoms with E-state index in [1.54, 1.807) is 0 Å². The predicted octanol–water partition coefficient (Wildman–Crippen LogP) is 20.5. The van der Waals surface area contributed by atoms with Crippen LogP contribution >= 0.6 is 0 Å². The second-order valence-corrected chi connectivity index (χ2v) is 20.0. The van der Waals surface area contributed by atoms with Crippen molar-refractivity contribution >= 4 is 11.9 Å². The Kier molecular flexibility index (Phi) is 57.9. The molecule has 1 unspecified atom stereocenters. The average molecular weight is 976 g/mol. The Labute approximate surface area is 435 Å². The van der Waals surface area contributed by atoms with Crippen molar-refractivity contribution in [3.63, 3.8) is 0 Å². The van der Waals surface area contributed by atoms with Gasteiger partial charge in [-0.25, -0.2) is 0 Å². The summed E-state index contributed by atoms with van der Waals surface area (Å²) >= 11 is 0. The summed E-state index contributed by atoms with van der Waals surface area (Å²) in [5, 5.41) is 9.65. The number of carbonyl (C=O) groups excluding carboxylic acids is 2. The van der Waals surface area contributed by atoms with Crippen molar-refractivity contribution in [2.75, 3.05) is 13.2 Å². The van der Waals surface area contributed by atoms with E-state index in [9.17, 15) is 14.7 Å². The minimum absolute atomic E-state index is 0.0665. The second-order valence-electron chi connectivity index (χ2n) is 20.0. The predicted molar refractivity (Wildman–Crippen MR) is 306 cm³/mol. The van der Waals surface area contributed by atoms with E-state index in [4.69, 9.17) is 9.47 Å². The smallest absolute Gasteiger partial charge is 0.306 e. The SMILES string of the molecule is CC/C=C\C/C=C\C/C=C\C/C=C\C/C=C\C/C=C\CCCCCCCCCCCCCCCCCCCCCCC(=O)OC(CO)COC(=O)CCCCCCCCC/C=C\CCCCCCCC. The van der Waals surface area contributed by atoms with Gasteiger partial charge in [0.05, 0.1) is 6.61 Å². The number of ether oxygens (including phenoxy) is 2. The zero-order chi connectivity index (χ0) is 50.6. The lowest BCUT2D eigenvalue weighted by Gasteiger charge is -2.15. The van der Waals surface area contributed by atoms with Gasteiger partial charge in [-0.05, 0) is 89.9 Å². The largest absolute Gasteiger partial charge is 0.462 e. The van der Waals surface area contributed by atoms with Gasteiger partial charge in [0.25, 0.3) is 0 Å². The highest BCUT2D eigenvalue weighted by Gasteiger charge is 2.16. The third-order valence-electron chi connectivity index (χ3n) is 13.2. The van der Waals surface area contributed by atoms with Gasteiger partial charge in [0.15, 0.2) is 6.10 Å². The van der Waals surface area contributed by atoms with Crippen molar-refractivity contribution in [2.24, 2.45) is 0 Å². The highest BCUT2D eigenvalue weighted by atomic mass is 16.6. The van der Waals surface area contributed by atoms with Gasteiger partial charge >= 0.3 is 11.9 Å². The molecule has 0 fully saturated rings. The normalized spacial score (nSPS) is 12.8. The molecule has 0 rings (SSSR count). The second kappa shape index (κ2) is 60.4. The summed E-state index contributed by atoms with van der Waals surface area (Å²) in [6, 6.07) is 0. The molecule has 0 aromatic carbocycles. The van der Waals surface area contributed by atoms with Gasteiger partial charge in [0.1, 0.15) is 6.61 Å². The van der Waals surface area contributed by atoms with Gasteiger partial charge < -0.3 is 14.6 Å². The highest BCUT2D eigenvalue weighted by molar-refractivity contribution is 5.70. The zero-order valence-electron chi connectivity index (χ0n) is 46.3. The highest BCUT2D eigenvalue weighted by Crippen LogP contribution is 2.17. The summed E-state index contributed by atoms with van der Waals surface area (Å²) < 4.78 is 10.7.